The highest BCUT2D eigenvalue weighted by Crippen LogP contribution is 2.35. The molecule has 10 heteroatoms. The number of carbonyl (C=O) groups is 2. The second-order valence-corrected chi connectivity index (χ2v) is 10.8. The minimum atomic E-state index is -4.77. The predicted octanol–water partition coefficient (Wildman–Crippen LogP) is 6.80. The van der Waals surface area contributed by atoms with E-state index in [1.54, 1.807) is 6.08 Å². The molecule has 234 valence electrons. The van der Waals surface area contributed by atoms with Crippen LogP contribution < -0.4 is 0 Å². The van der Waals surface area contributed by atoms with Gasteiger partial charge in [0.15, 0.2) is 6.10 Å². The smallest absolute Gasteiger partial charge is 0.462 e. The Morgan fingerprint density at radius 2 is 1.46 bits per heavy atom. The summed E-state index contributed by atoms with van der Waals surface area (Å²) in [5.74, 6) is -1.02. The van der Waals surface area contributed by atoms with E-state index in [2.05, 4.69) is 30.5 Å². The Bertz CT molecular complexity index is 871. The minimum Gasteiger partial charge on any atom is -0.462 e. The largest absolute Gasteiger partial charge is 0.469 e. The number of hydrogen-bond acceptors (Lipinski definition) is 7. The van der Waals surface area contributed by atoms with Gasteiger partial charge < -0.3 is 24.4 Å². The van der Waals surface area contributed by atoms with Gasteiger partial charge in [0.05, 0.1) is 12.7 Å². The van der Waals surface area contributed by atoms with Crippen molar-refractivity contribution in [3.05, 3.63) is 60.8 Å². The molecule has 1 unspecified atom stereocenters. The molecule has 0 bridgehead atoms. The molecule has 2 atom stereocenters. The molecular formula is C31H51O9P. The first-order chi connectivity index (χ1) is 19.7. The van der Waals surface area contributed by atoms with E-state index < -0.39 is 38.6 Å². The number of phosphoric acid groups is 1. The van der Waals surface area contributed by atoms with Crippen LogP contribution in [0.3, 0.4) is 0 Å². The molecule has 0 aliphatic rings. The summed E-state index contributed by atoms with van der Waals surface area (Å²) in [4.78, 5) is 42.0. The van der Waals surface area contributed by atoms with Crippen molar-refractivity contribution in [2.75, 3.05) is 13.2 Å². The summed E-state index contributed by atoms with van der Waals surface area (Å²) in [7, 11) is -4.77. The lowest BCUT2D eigenvalue weighted by molar-refractivity contribution is -0.161. The molecule has 0 saturated heterocycles. The lowest BCUT2D eigenvalue weighted by Gasteiger charge is -2.18. The van der Waals surface area contributed by atoms with Crippen LogP contribution in [0.5, 0.6) is 0 Å². The van der Waals surface area contributed by atoms with Crippen molar-refractivity contribution >= 4 is 19.8 Å². The maximum atomic E-state index is 12.2. The summed E-state index contributed by atoms with van der Waals surface area (Å²) in [6, 6.07) is 0. The molecule has 0 aliphatic heterocycles. The van der Waals surface area contributed by atoms with E-state index in [4.69, 9.17) is 19.3 Å². The number of esters is 2. The van der Waals surface area contributed by atoms with E-state index in [0.717, 1.165) is 38.5 Å². The molecule has 41 heavy (non-hydrogen) atoms. The second kappa shape index (κ2) is 26.6. The summed E-state index contributed by atoms with van der Waals surface area (Å²) in [5.41, 5.74) is 0. The highest BCUT2D eigenvalue weighted by atomic mass is 31.2. The highest BCUT2D eigenvalue weighted by Gasteiger charge is 2.22. The zero-order valence-electron chi connectivity index (χ0n) is 24.8. The Labute approximate surface area is 246 Å². The Hall–Kier alpha value is -2.29. The first-order valence-corrected chi connectivity index (χ1v) is 16.2. The van der Waals surface area contributed by atoms with Crippen molar-refractivity contribution in [2.24, 2.45) is 0 Å². The minimum absolute atomic E-state index is 0.0991. The van der Waals surface area contributed by atoms with Crippen LogP contribution in [0.15, 0.2) is 60.8 Å². The standard InChI is InChI=1S/C31H51O9P/c1-3-5-7-9-15-18-22-28(32)23-19-16-12-10-11-13-17-21-25-31(34)40-29(27-39-41(35,36)37)26-38-30(33)24-20-14-8-6-4-2/h5,7,11-13,15-16,18-19,23,28-29,32H,3-4,6,8-10,14,17,20-22,24-27H2,1-2H3,(H2,35,36,37)/b7-5-,13-11-,16-12-,18-15-,23-19+/t28?,29-/m1/s1. The molecule has 0 aromatic carbocycles. The van der Waals surface area contributed by atoms with E-state index in [1.165, 1.54) is 0 Å². The second-order valence-electron chi connectivity index (χ2n) is 9.55. The Balaban J connectivity index is 4.25. The number of carbonyl (C=O) groups excluding carboxylic acids is 2. The number of aliphatic hydroxyl groups excluding tert-OH is 1. The number of rotatable bonds is 25. The average Bonchev–Trinajstić information content (AvgIpc) is 2.92. The number of phosphoric ester groups is 1. The van der Waals surface area contributed by atoms with Crippen LogP contribution in [0, 0.1) is 0 Å². The molecule has 0 amide bonds. The molecule has 9 nitrogen and oxygen atoms in total. The third kappa shape index (κ3) is 29.0. The Kier molecular flexibility index (Phi) is 25.1. The van der Waals surface area contributed by atoms with Crippen LogP contribution in [0.4, 0.5) is 0 Å². The van der Waals surface area contributed by atoms with Crippen LogP contribution in [0.25, 0.3) is 0 Å². The Morgan fingerprint density at radius 1 is 0.780 bits per heavy atom. The van der Waals surface area contributed by atoms with Gasteiger partial charge in [0.25, 0.3) is 0 Å². The van der Waals surface area contributed by atoms with Crippen LogP contribution in [0.2, 0.25) is 0 Å². The molecule has 0 radical (unpaired) electrons. The fourth-order valence-corrected chi connectivity index (χ4v) is 3.79. The highest BCUT2D eigenvalue weighted by molar-refractivity contribution is 7.46. The third-order valence-corrected chi connectivity index (χ3v) is 6.12. The van der Waals surface area contributed by atoms with Crippen LogP contribution in [-0.2, 0) is 28.2 Å². The van der Waals surface area contributed by atoms with Gasteiger partial charge in [-0.15, -0.1) is 0 Å². The SMILES string of the molecule is CC/C=C\C/C=C\CC(O)/C=C/C=C\C/C=C\CCCC(=O)O[C@H](COC(=O)CCCCCCC)COP(=O)(O)O. The fraction of sp³-hybridized carbons (Fsp3) is 0.613. The van der Waals surface area contributed by atoms with Crippen molar-refractivity contribution in [2.45, 2.75) is 110 Å². The molecule has 0 heterocycles. The number of hydrogen-bond donors (Lipinski definition) is 3. The summed E-state index contributed by atoms with van der Waals surface area (Å²) in [6.45, 7) is 3.29. The van der Waals surface area contributed by atoms with Crippen molar-refractivity contribution in [1.82, 2.24) is 0 Å². The summed E-state index contributed by atoms with van der Waals surface area (Å²) >= 11 is 0. The Morgan fingerprint density at radius 3 is 2.20 bits per heavy atom. The summed E-state index contributed by atoms with van der Waals surface area (Å²) < 4.78 is 25.9. The van der Waals surface area contributed by atoms with Crippen molar-refractivity contribution in [3.63, 3.8) is 0 Å². The van der Waals surface area contributed by atoms with Gasteiger partial charge in [0, 0.05) is 12.8 Å². The van der Waals surface area contributed by atoms with Gasteiger partial charge in [-0.2, -0.15) is 0 Å². The van der Waals surface area contributed by atoms with Crippen molar-refractivity contribution < 1.29 is 43.0 Å². The zero-order valence-corrected chi connectivity index (χ0v) is 25.7. The molecule has 0 aliphatic carbocycles. The van der Waals surface area contributed by atoms with Gasteiger partial charge in [-0.25, -0.2) is 4.57 Å². The fourth-order valence-electron chi connectivity index (χ4n) is 3.43. The monoisotopic (exact) mass is 598 g/mol. The normalized spacial score (nSPS) is 14.2. The average molecular weight is 599 g/mol. The van der Waals surface area contributed by atoms with E-state index >= 15 is 0 Å². The molecule has 3 N–H and O–H groups in total. The molecule has 0 aromatic heterocycles. The maximum absolute atomic E-state index is 12.2. The molecule has 0 fully saturated rings. The third-order valence-electron chi connectivity index (χ3n) is 5.63. The number of aliphatic hydroxyl groups is 1. The number of unbranched alkanes of at least 4 members (excludes halogenated alkanes) is 5. The molecular weight excluding hydrogens is 547 g/mol. The van der Waals surface area contributed by atoms with E-state index in [1.807, 2.05) is 42.5 Å². The van der Waals surface area contributed by atoms with Gasteiger partial charge >= 0.3 is 19.8 Å². The number of ether oxygens (including phenoxy) is 2. The van der Waals surface area contributed by atoms with Gasteiger partial charge in [0.1, 0.15) is 6.61 Å². The summed E-state index contributed by atoms with van der Waals surface area (Å²) in [6.07, 6.45) is 27.5. The zero-order chi connectivity index (χ0) is 30.6. The topological polar surface area (TPSA) is 140 Å². The van der Waals surface area contributed by atoms with Gasteiger partial charge in [-0.3, -0.25) is 14.1 Å². The van der Waals surface area contributed by atoms with E-state index in [0.29, 0.717) is 32.1 Å². The first-order valence-electron chi connectivity index (χ1n) is 14.7. The van der Waals surface area contributed by atoms with Crippen molar-refractivity contribution in [3.8, 4) is 0 Å². The predicted molar refractivity (Wildman–Crippen MR) is 162 cm³/mol. The lowest BCUT2D eigenvalue weighted by atomic mass is 10.1. The van der Waals surface area contributed by atoms with Gasteiger partial charge in [-0.05, 0) is 44.9 Å². The molecule has 0 aromatic rings. The maximum Gasteiger partial charge on any atom is 0.469 e. The quantitative estimate of drug-likeness (QED) is 0.0340. The molecule has 0 rings (SSSR count). The lowest BCUT2D eigenvalue weighted by Crippen LogP contribution is -2.29. The van der Waals surface area contributed by atoms with Gasteiger partial charge in [0.2, 0.25) is 0 Å². The van der Waals surface area contributed by atoms with Crippen LogP contribution in [-0.4, -0.2) is 52.3 Å². The van der Waals surface area contributed by atoms with Crippen LogP contribution >= 0.6 is 7.82 Å². The molecule has 0 saturated carbocycles. The molecule has 0 spiro atoms. The number of allylic oxidation sites excluding steroid dienone is 8. The summed E-state index contributed by atoms with van der Waals surface area (Å²) in [5, 5.41) is 9.92. The van der Waals surface area contributed by atoms with E-state index in [9.17, 15) is 19.3 Å². The first kappa shape index (κ1) is 38.7. The van der Waals surface area contributed by atoms with E-state index in [-0.39, 0.29) is 19.4 Å². The van der Waals surface area contributed by atoms with Gasteiger partial charge in [-0.1, -0.05) is 100 Å². The van der Waals surface area contributed by atoms with Crippen molar-refractivity contribution in [1.29, 1.82) is 0 Å². The van der Waals surface area contributed by atoms with Crippen LogP contribution in [0.1, 0.15) is 97.3 Å².